The molecule has 0 aliphatic carbocycles. The normalized spacial score (nSPS) is 20.2. The van der Waals surface area contributed by atoms with Crippen LogP contribution in [-0.2, 0) is 4.79 Å². The maximum absolute atomic E-state index is 11.9. The first-order valence-corrected chi connectivity index (χ1v) is 6.80. The Hall–Kier alpha value is -1.17. The highest BCUT2D eigenvalue weighted by Gasteiger charge is 2.20. The van der Waals surface area contributed by atoms with Crippen LogP contribution in [0.3, 0.4) is 0 Å². The van der Waals surface area contributed by atoms with E-state index in [4.69, 9.17) is 16.7 Å². The smallest absolute Gasteiger partial charge is 0.239 e. The summed E-state index contributed by atoms with van der Waals surface area (Å²) in [5.41, 5.74) is 0. The summed E-state index contributed by atoms with van der Waals surface area (Å²) in [7, 11) is 0. The van der Waals surface area contributed by atoms with Gasteiger partial charge in [0.1, 0.15) is 5.82 Å². The van der Waals surface area contributed by atoms with Crippen LogP contribution in [-0.4, -0.2) is 47.1 Å². The van der Waals surface area contributed by atoms with Crippen LogP contribution < -0.4 is 5.32 Å². The molecule has 104 valence electrons. The zero-order chi connectivity index (χ0) is 13.7. The average Bonchev–Trinajstić information content (AvgIpc) is 2.41. The molecule has 1 atom stereocenters. The molecule has 2 N–H and O–H groups in total. The SMILES string of the molecule is O=C(CN1CCCC(CO)C1)Nc1ccc(Cl)cn1. The molecule has 1 aliphatic heterocycles. The second-order valence-electron chi connectivity index (χ2n) is 4.84. The molecule has 2 rings (SSSR count). The van der Waals surface area contributed by atoms with E-state index in [1.54, 1.807) is 12.1 Å². The average molecular weight is 284 g/mol. The Morgan fingerprint density at radius 1 is 1.58 bits per heavy atom. The number of hydrogen-bond donors (Lipinski definition) is 2. The Morgan fingerprint density at radius 2 is 2.42 bits per heavy atom. The number of aliphatic hydroxyl groups is 1. The topological polar surface area (TPSA) is 65.5 Å². The number of carbonyl (C=O) groups excluding carboxylic acids is 1. The van der Waals surface area contributed by atoms with E-state index in [-0.39, 0.29) is 18.4 Å². The van der Waals surface area contributed by atoms with Gasteiger partial charge in [-0.1, -0.05) is 11.6 Å². The Labute approximate surface area is 117 Å². The van der Waals surface area contributed by atoms with E-state index in [2.05, 4.69) is 15.2 Å². The van der Waals surface area contributed by atoms with Crippen LogP contribution in [0.4, 0.5) is 5.82 Å². The summed E-state index contributed by atoms with van der Waals surface area (Å²) in [4.78, 5) is 18.0. The van der Waals surface area contributed by atoms with Gasteiger partial charge in [0.15, 0.2) is 0 Å². The lowest BCUT2D eigenvalue weighted by Crippen LogP contribution is -2.41. The third-order valence-electron chi connectivity index (χ3n) is 3.22. The van der Waals surface area contributed by atoms with Gasteiger partial charge in [-0.2, -0.15) is 0 Å². The molecule has 1 aromatic rings. The van der Waals surface area contributed by atoms with Crippen molar-refractivity contribution in [1.82, 2.24) is 9.88 Å². The number of pyridine rings is 1. The second-order valence-corrected chi connectivity index (χ2v) is 5.27. The molecule has 0 saturated carbocycles. The maximum atomic E-state index is 11.9. The van der Waals surface area contributed by atoms with Crippen LogP contribution in [0.5, 0.6) is 0 Å². The van der Waals surface area contributed by atoms with Gasteiger partial charge in [-0.3, -0.25) is 9.69 Å². The largest absolute Gasteiger partial charge is 0.396 e. The van der Waals surface area contributed by atoms with Crippen molar-refractivity contribution in [3.8, 4) is 0 Å². The summed E-state index contributed by atoms with van der Waals surface area (Å²) in [5, 5.41) is 12.4. The van der Waals surface area contributed by atoms with Gasteiger partial charge in [0.05, 0.1) is 11.6 Å². The quantitative estimate of drug-likeness (QED) is 0.876. The third kappa shape index (κ3) is 4.45. The summed E-state index contributed by atoms with van der Waals surface area (Å²) in [6.45, 7) is 2.20. The van der Waals surface area contributed by atoms with Crippen molar-refractivity contribution in [2.75, 3.05) is 31.6 Å². The highest BCUT2D eigenvalue weighted by atomic mass is 35.5. The fraction of sp³-hybridized carbons (Fsp3) is 0.538. The van der Waals surface area contributed by atoms with Gasteiger partial charge in [-0.25, -0.2) is 4.98 Å². The number of nitrogens with zero attached hydrogens (tertiary/aromatic N) is 2. The molecule has 0 aromatic carbocycles. The first kappa shape index (κ1) is 14.2. The van der Waals surface area contributed by atoms with E-state index in [0.29, 0.717) is 17.4 Å². The molecule has 19 heavy (non-hydrogen) atoms. The second kappa shape index (κ2) is 6.84. The zero-order valence-corrected chi connectivity index (χ0v) is 11.4. The van der Waals surface area contributed by atoms with E-state index in [1.165, 1.54) is 6.20 Å². The van der Waals surface area contributed by atoms with Crippen molar-refractivity contribution in [2.45, 2.75) is 12.8 Å². The van der Waals surface area contributed by atoms with Gasteiger partial charge in [0.25, 0.3) is 0 Å². The monoisotopic (exact) mass is 283 g/mol. The lowest BCUT2D eigenvalue weighted by molar-refractivity contribution is -0.117. The number of rotatable bonds is 4. The fourth-order valence-corrected chi connectivity index (χ4v) is 2.39. The first-order valence-electron chi connectivity index (χ1n) is 6.42. The minimum absolute atomic E-state index is 0.0894. The molecule has 0 spiro atoms. The van der Waals surface area contributed by atoms with Crippen LogP contribution in [0.1, 0.15) is 12.8 Å². The van der Waals surface area contributed by atoms with E-state index < -0.39 is 0 Å². The number of likely N-dealkylation sites (tertiary alicyclic amines) is 1. The minimum atomic E-state index is -0.0894. The highest BCUT2D eigenvalue weighted by molar-refractivity contribution is 6.30. The summed E-state index contributed by atoms with van der Waals surface area (Å²) >= 11 is 5.73. The summed E-state index contributed by atoms with van der Waals surface area (Å²) in [6.07, 6.45) is 3.56. The van der Waals surface area contributed by atoms with Crippen LogP contribution in [0, 0.1) is 5.92 Å². The van der Waals surface area contributed by atoms with Gasteiger partial charge >= 0.3 is 0 Å². The highest BCUT2D eigenvalue weighted by Crippen LogP contribution is 2.15. The molecule has 1 fully saturated rings. The lowest BCUT2D eigenvalue weighted by Gasteiger charge is -2.31. The number of aromatic nitrogens is 1. The molecule has 1 aliphatic rings. The Balaban J connectivity index is 1.82. The van der Waals surface area contributed by atoms with Gasteiger partial charge in [0.2, 0.25) is 5.91 Å². The van der Waals surface area contributed by atoms with Crippen LogP contribution >= 0.6 is 11.6 Å². The number of hydrogen-bond acceptors (Lipinski definition) is 4. The Morgan fingerprint density at radius 3 is 3.11 bits per heavy atom. The number of amides is 1. The molecular formula is C13H18ClN3O2. The Bertz CT molecular complexity index is 424. The van der Waals surface area contributed by atoms with Crippen molar-refractivity contribution < 1.29 is 9.90 Å². The number of carbonyl (C=O) groups is 1. The summed E-state index contributed by atoms with van der Waals surface area (Å²) < 4.78 is 0. The van der Waals surface area contributed by atoms with E-state index in [1.807, 2.05) is 0 Å². The predicted octanol–water partition coefficient (Wildman–Crippen LogP) is 1.38. The summed E-state index contributed by atoms with van der Waals surface area (Å²) in [6, 6.07) is 3.36. The van der Waals surface area contributed by atoms with E-state index in [0.717, 1.165) is 25.9 Å². The molecular weight excluding hydrogens is 266 g/mol. The molecule has 2 heterocycles. The van der Waals surface area contributed by atoms with Gasteiger partial charge in [-0.15, -0.1) is 0 Å². The molecule has 0 bridgehead atoms. The molecule has 1 amide bonds. The number of anilines is 1. The first-order chi connectivity index (χ1) is 9.17. The van der Waals surface area contributed by atoms with E-state index in [9.17, 15) is 4.79 Å². The molecule has 1 aromatic heterocycles. The molecule has 6 heteroatoms. The third-order valence-corrected chi connectivity index (χ3v) is 3.45. The van der Waals surface area contributed by atoms with Crippen molar-refractivity contribution in [3.05, 3.63) is 23.4 Å². The van der Waals surface area contributed by atoms with Gasteiger partial charge in [-0.05, 0) is 37.4 Å². The van der Waals surface area contributed by atoms with Gasteiger partial charge < -0.3 is 10.4 Å². The number of halogens is 1. The zero-order valence-electron chi connectivity index (χ0n) is 10.7. The lowest BCUT2D eigenvalue weighted by atomic mass is 9.99. The molecule has 1 unspecified atom stereocenters. The van der Waals surface area contributed by atoms with Gasteiger partial charge in [0, 0.05) is 19.3 Å². The fourth-order valence-electron chi connectivity index (χ4n) is 2.28. The van der Waals surface area contributed by atoms with Crippen LogP contribution in [0.2, 0.25) is 5.02 Å². The molecule has 5 nitrogen and oxygen atoms in total. The van der Waals surface area contributed by atoms with Crippen molar-refractivity contribution in [3.63, 3.8) is 0 Å². The Kier molecular flexibility index (Phi) is 5.13. The molecule has 1 saturated heterocycles. The van der Waals surface area contributed by atoms with Crippen LogP contribution in [0.15, 0.2) is 18.3 Å². The van der Waals surface area contributed by atoms with Crippen molar-refractivity contribution in [2.24, 2.45) is 5.92 Å². The maximum Gasteiger partial charge on any atom is 0.239 e. The number of nitrogens with one attached hydrogen (secondary N) is 1. The van der Waals surface area contributed by atoms with Crippen LogP contribution in [0.25, 0.3) is 0 Å². The number of aliphatic hydroxyl groups excluding tert-OH is 1. The predicted molar refractivity (Wildman–Crippen MR) is 74.1 cm³/mol. The van der Waals surface area contributed by atoms with Crippen molar-refractivity contribution in [1.29, 1.82) is 0 Å². The standard InChI is InChI=1S/C13H18ClN3O2/c14-11-3-4-12(15-6-11)16-13(19)8-17-5-1-2-10(7-17)9-18/h3-4,6,10,18H,1-2,5,7-9H2,(H,15,16,19). The summed E-state index contributed by atoms with van der Waals surface area (Å²) in [5.74, 6) is 0.703. The van der Waals surface area contributed by atoms with Crippen molar-refractivity contribution >= 4 is 23.3 Å². The van der Waals surface area contributed by atoms with E-state index >= 15 is 0 Å². The minimum Gasteiger partial charge on any atom is -0.396 e. The molecule has 0 radical (unpaired) electrons. The number of piperidine rings is 1.